The number of fused-ring (bicyclic) bond motifs is 2. The monoisotopic (exact) mass is 996 g/mol. The van der Waals surface area contributed by atoms with E-state index in [2.05, 4.69) is 87.7 Å². The van der Waals surface area contributed by atoms with Crippen molar-refractivity contribution in [3.05, 3.63) is 92.4 Å². The first kappa shape index (κ1) is 47.2. The van der Waals surface area contributed by atoms with E-state index >= 15 is 4.39 Å². The molecule has 0 bridgehead atoms. The lowest BCUT2D eigenvalue weighted by Crippen LogP contribution is -2.53. The van der Waals surface area contributed by atoms with E-state index in [1.807, 2.05) is 36.6 Å². The summed E-state index contributed by atoms with van der Waals surface area (Å²) in [6, 6.07) is 16.2. The molecule has 0 amide bonds. The Morgan fingerprint density at radius 3 is 2.45 bits per heavy atom. The average molecular weight is 998 g/mol. The first-order valence-corrected chi connectivity index (χ1v) is 27.4. The van der Waals surface area contributed by atoms with Crippen LogP contribution in [0.15, 0.2) is 68.4 Å². The molecule has 3 fully saturated rings. The molecule has 0 radical (unpaired) electrons. The predicted octanol–water partition coefficient (Wildman–Crippen LogP) is 8.85. The lowest BCUT2D eigenvalue weighted by molar-refractivity contribution is 0.0855. The Hall–Kier alpha value is -4.86. The molecular weight excluding hydrogens is 934 g/mol. The number of hydrogen-bond donors (Lipinski definition) is 3. The van der Waals surface area contributed by atoms with Crippen molar-refractivity contribution < 1.29 is 18.1 Å². The summed E-state index contributed by atoms with van der Waals surface area (Å²) in [5.41, 5.74) is 7.25. The Bertz CT molecular complexity index is 2850. The van der Waals surface area contributed by atoms with Gasteiger partial charge in [-0.1, -0.05) is 32.0 Å². The van der Waals surface area contributed by atoms with Crippen LogP contribution in [-0.2, 0) is 23.8 Å². The van der Waals surface area contributed by atoms with Crippen LogP contribution >= 0.6 is 23.1 Å². The number of piperazine rings is 1. The highest BCUT2D eigenvalue weighted by Gasteiger charge is 2.30. The minimum absolute atomic E-state index is 0.141. The minimum atomic E-state index is -2.92. The number of rotatable bonds is 15. The number of pyridine rings is 1. The van der Waals surface area contributed by atoms with Gasteiger partial charge in [0.2, 0.25) is 5.95 Å². The van der Waals surface area contributed by atoms with Crippen LogP contribution in [0.4, 0.5) is 33.2 Å². The van der Waals surface area contributed by atoms with Crippen molar-refractivity contribution in [1.29, 1.82) is 0 Å². The summed E-state index contributed by atoms with van der Waals surface area (Å²) in [6.45, 7) is 18.8. The molecule has 3 aliphatic heterocycles. The summed E-state index contributed by atoms with van der Waals surface area (Å²) in [4.78, 5) is 34.6. The largest absolute Gasteiger partial charge is 0.492 e. The first-order chi connectivity index (χ1) is 32.4. The molecule has 3 saturated heterocycles. The molecule has 3 N–H and O–H groups in total. The maximum absolute atomic E-state index is 15.6. The van der Waals surface area contributed by atoms with Crippen molar-refractivity contribution in [3.63, 3.8) is 0 Å². The molecule has 67 heavy (non-hydrogen) atoms. The van der Waals surface area contributed by atoms with Crippen LogP contribution < -0.4 is 36.6 Å². The molecule has 0 saturated carbocycles. The number of anilines is 5. The van der Waals surface area contributed by atoms with Gasteiger partial charge in [-0.2, -0.15) is 4.98 Å². The number of para-hydroxylation sites is 1. The number of oxazole rings is 1. The summed E-state index contributed by atoms with van der Waals surface area (Å²) in [6.07, 6.45) is 8.22. The number of nitrogens with zero attached hydrogens (tertiary/aromatic N) is 7. The van der Waals surface area contributed by atoms with E-state index < -0.39 is 13.0 Å². The van der Waals surface area contributed by atoms with E-state index in [0.29, 0.717) is 57.4 Å². The van der Waals surface area contributed by atoms with Gasteiger partial charge in [-0.25, -0.2) is 19.2 Å². The lowest BCUT2D eigenvalue weighted by atomic mass is 9.99. The Labute approximate surface area is 400 Å². The Morgan fingerprint density at radius 1 is 0.925 bits per heavy atom. The summed E-state index contributed by atoms with van der Waals surface area (Å²) < 4.78 is 44.0. The maximum atomic E-state index is 15.6. The highest BCUT2D eigenvalue weighted by Crippen LogP contribution is 2.43. The third kappa shape index (κ3) is 10.2. The van der Waals surface area contributed by atoms with E-state index in [1.165, 1.54) is 17.3 Å². The second-order valence-corrected chi connectivity index (χ2v) is 22.4. The number of nitrogens with one attached hydrogen (secondary N) is 3. The summed E-state index contributed by atoms with van der Waals surface area (Å²) >= 11 is 3.58. The van der Waals surface area contributed by atoms with Crippen molar-refractivity contribution in [2.75, 3.05) is 94.4 Å². The molecule has 6 heterocycles. The van der Waals surface area contributed by atoms with E-state index in [-0.39, 0.29) is 17.3 Å². The van der Waals surface area contributed by atoms with Gasteiger partial charge in [0.25, 0.3) is 0 Å². The molecule has 3 aliphatic rings. The second-order valence-electron chi connectivity index (χ2n) is 18.4. The van der Waals surface area contributed by atoms with Crippen LogP contribution in [0.3, 0.4) is 0 Å². The van der Waals surface area contributed by atoms with Gasteiger partial charge < -0.3 is 39.5 Å². The minimum Gasteiger partial charge on any atom is -0.492 e. The summed E-state index contributed by atoms with van der Waals surface area (Å²) in [5.74, 6) is 0.679. The molecule has 9 rings (SSSR count). The molecule has 14 nitrogen and oxygen atoms in total. The fourth-order valence-electron chi connectivity index (χ4n) is 10.3. The van der Waals surface area contributed by atoms with Crippen molar-refractivity contribution in [3.8, 4) is 5.75 Å². The van der Waals surface area contributed by atoms with Crippen molar-refractivity contribution in [1.82, 2.24) is 34.6 Å². The van der Waals surface area contributed by atoms with E-state index in [9.17, 15) is 9.36 Å². The van der Waals surface area contributed by atoms with Crippen LogP contribution in [0.5, 0.6) is 5.75 Å². The van der Waals surface area contributed by atoms with Crippen molar-refractivity contribution in [2.24, 2.45) is 0 Å². The number of ether oxygens (including phenoxy) is 1. The van der Waals surface area contributed by atoms with Crippen LogP contribution in [0, 0.1) is 5.82 Å². The number of aromatic nitrogens is 4. The van der Waals surface area contributed by atoms with Crippen LogP contribution in [0.2, 0.25) is 0 Å². The van der Waals surface area contributed by atoms with E-state index in [1.54, 1.807) is 19.5 Å². The zero-order valence-electron chi connectivity index (χ0n) is 39.3. The fourth-order valence-corrected chi connectivity index (χ4v) is 12.0. The summed E-state index contributed by atoms with van der Waals surface area (Å²) in [7, 11) is -2.92. The van der Waals surface area contributed by atoms with E-state index in [0.717, 1.165) is 125 Å². The molecule has 356 valence electrons. The Balaban J connectivity index is 0.837. The standard InChI is InChI=1S/C50H63BrFN10O4P/c1-6-32-27-40(57-49-54-31-38(51)48(58-49)56-41-28-39(52)45-37(47(41)67(4,5)64)15-14-34(7-2)55-45)44(65-8-3)29-43(32)61-21-17-35(18-22-61)60-25-23-59(24-26-60)20-16-33-11-9-13-42-46(33)66-50(63)62(42)36-12-10-19-53-30-36/h9,11,13-15,27-29,31,35-36,53H,6-8,10,12,16-26,30H2,1-5H3,(H2,54,56,57,58). The SMILES string of the molecule is CCOc1cc(N2CCC(N3CCN(CCc4cccc5c4oc(=O)n5C4CCCNC4)CC3)CC2)c(CC)cc1Nc1ncc(Br)c(Nc2cc(F)c3nc(CC)ccc3c2P(C)(C)=O)n1. The smallest absolute Gasteiger partial charge is 0.420 e. The van der Waals surface area contributed by atoms with Crippen molar-refractivity contribution in [2.45, 2.75) is 77.8 Å². The van der Waals surface area contributed by atoms with Gasteiger partial charge in [-0.15, -0.1) is 0 Å². The van der Waals surface area contributed by atoms with Gasteiger partial charge in [0.05, 0.1) is 34.0 Å². The quantitative estimate of drug-likeness (QED) is 0.0844. The first-order valence-electron chi connectivity index (χ1n) is 24.0. The van der Waals surface area contributed by atoms with Crippen LogP contribution in [-0.4, -0.2) is 114 Å². The molecule has 1 atom stereocenters. The number of halogens is 2. The highest BCUT2D eigenvalue weighted by molar-refractivity contribution is 9.10. The zero-order chi connectivity index (χ0) is 46.8. The summed E-state index contributed by atoms with van der Waals surface area (Å²) in [5, 5.41) is 11.1. The average Bonchev–Trinajstić information content (AvgIpc) is 3.68. The molecule has 6 aromatic rings. The van der Waals surface area contributed by atoms with Gasteiger partial charge in [-0.05, 0) is 117 Å². The number of hydrogen-bond acceptors (Lipinski definition) is 13. The number of benzene rings is 3. The lowest BCUT2D eigenvalue weighted by Gasteiger charge is -2.43. The van der Waals surface area contributed by atoms with Crippen LogP contribution in [0.25, 0.3) is 22.0 Å². The molecule has 1 unspecified atom stereocenters. The molecule has 17 heteroatoms. The number of piperidine rings is 2. The molecule has 0 aliphatic carbocycles. The third-order valence-electron chi connectivity index (χ3n) is 13.7. The van der Waals surface area contributed by atoms with Gasteiger partial charge >= 0.3 is 5.76 Å². The third-order valence-corrected chi connectivity index (χ3v) is 15.9. The Morgan fingerprint density at radius 2 is 1.73 bits per heavy atom. The molecule has 3 aromatic heterocycles. The molecule has 3 aromatic carbocycles. The normalized spacial score (nSPS) is 18.0. The topological polar surface area (TPSA) is 146 Å². The van der Waals surface area contributed by atoms with Gasteiger partial charge in [0.15, 0.2) is 11.4 Å². The van der Waals surface area contributed by atoms with Gasteiger partial charge in [-0.3, -0.25) is 9.47 Å². The fraction of sp³-hybridized carbons (Fsp3) is 0.480. The molecular formula is C50H63BrFN10O4P. The second kappa shape index (κ2) is 20.4. The van der Waals surface area contributed by atoms with Crippen LogP contribution in [0.1, 0.15) is 69.3 Å². The van der Waals surface area contributed by atoms with E-state index in [4.69, 9.17) is 14.1 Å². The maximum Gasteiger partial charge on any atom is 0.420 e. The Kier molecular flexibility index (Phi) is 14.4. The molecule has 0 spiro atoms. The zero-order valence-corrected chi connectivity index (χ0v) is 41.8. The van der Waals surface area contributed by atoms with Gasteiger partial charge in [0.1, 0.15) is 24.2 Å². The van der Waals surface area contributed by atoms with Crippen molar-refractivity contribution >= 4 is 79.2 Å². The predicted molar refractivity (Wildman–Crippen MR) is 272 cm³/mol. The van der Waals surface area contributed by atoms with Gasteiger partial charge in [0, 0.05) is 98.8 Å². The highest BCUT2D eigenvalue weighted by atomic mass is 79.9. The number of aryl methyl sites for hydroxylation is 2.